The molecule has 1 unspecified atom stereocenters. The number of guanidine groups is 1. The number of nitrogens with one attached hydrogen (secondary N) is 2. The van der Waals surface area contributed by atoms with Crippen LogP contribution in [0.15, 0.2) is 29.3 Å². The number of hydrogen-bond acceptors (Lipinski definition) is 5. The maximum Gasteiger partial charge on any atom is 0.243 e. The molecule has 0 aliphatic carbocycles. The lowest BCUT2D eigenvalue weighted by atomic mass is 10.1. The number of aromatic nitrogens is 3. The van der Waals surface area contributed by atoms with Crippen molar-refractivity contribution in [2.24, 2.45) is 4.99 Å². The Morgan fingerprint density at radius 1 is 1.33 bits per heavy atom. The molecule has 0 bridgehead atoms. The first-order valence-corrected chi connectivity index (χ1v) is 10.3. The van der Waals surface area contributed by atoms with Gasteiger partial charge in [0.25, 0.3) is 0 Å². The van der Waals surface area contributed by atoms with E-state index in [0.29, 0.717) is 12.5 Å². The number of likely N-dealkylation sites (N-methyl/N-ethyl adjacent to an activating group) is 1. The second kappa shape index (κ2) is 10.1. The first-order valence-electron chi connectivity index (χ1n) is 10.3. The smallest absolute Gasteiger partial charge is 0.243 e. The Morgan fingerprint density at radius 2 is 2.10 bits per heavy atom. The number of benzene rings is 1. The fourth-order valence-electron chi connectivity index (χ4n) is 3.33. The Labute approximate surface area is 177 Å². The van der Waals surface area contributed by atoms with E-state index < -0.39 is 0 Å². The molecule has 30 heavy (non-hydrogen) atoms. The molecule has 9 heteroatoms. The first kappa shape index (κ1) is 21.6. The van der Waals surface area contributed by atoms with E-state index >= 15 is 0 Å². The summed E-state index contributed by atoms with van der Waals surface area (Å²) in [5.74, 6) is 3.09. The highest BCUT2D eigenvalue weighted by Gasteiger charge is 2.24. The van der Waals surface area contributed by atoms with Crippen LogP contribution < -0.4 is 15.4 Å². The number of methoxy groups -OCH3 is 1. The summed E-state index contributed by atoms with van der Waals surface area (Å²) in [7, 11) is 5.12. The van der Waals surface area contributed by atoms with Gasteiger partial charge in [0.05, 0.1) is 13.2 Å². The van der Waals surface area contributed by atoms with Crippen LogP contribution in [0.3, 0.4) is 0 Å². The summed E-state index contributed by atoms with van der Waals surface area (Å²) in [5.41, 5.74) is 1.19. The lowest BCUT2D eigenvalue weighted by Gasteiger charge is -2.25. The number of carbonyl (C=O) groups excluding carboxylic acids is 1. The van der Waals surface area contributed by atoms with Gasteiger partial charge in [0.15, 0.2) is 5.96 Å². The van der Waals surface area contributed by atoms with Crippen molar-refractivity contribution in [3.05, 3.63) is 41.5 Å². The molecule has 0 spiro atoms. The van der Waals surface area contributed by atoms with Crippen LogP contribution in [0.1, 0.15) is 36.1 Å². The lowest BCUT2D eigenvalue weighted by Crippen LogP contribution is -2.43. The third-order valence-electron chi connectivity index (χ3n) is 5.03. The predicted molar refractivity (Wildman–Crippen MR) is 116 cm³/mol. The molecule has 1 aliphatic rings. The highest BCUT2D eigenvalue weighted by molar-refractivity contribution is 5.85. The molecule has 1 amide bonds. The number of hydrogen-bond donors (Lipinski definition) is 2. The molecule has 0 saturated heterocycles. The molecule has 1 atom stereocenters. The zero-order valence-electron chi connectivity index (χ0n) is 18.2. The van der Waals surface area contributed by atoms with Crippen molar-refractivity contribution in [3.8, 4) is 5.75 Å². The van der Waals surface area contributed by atoms with Crippen molar-refractivity contribution in [1.29, 1.82) is 0 Å². The minimum atomic E-state index is -0.0473. The summed E-state index contributed by atoms with van der Waals surface area (Å²) in [4.78, 5) is 22.6. The summed E-state index contributed by atoms with van der Waals surface area (Å²) in [6.07, 6.45) is 2.79. The van der Waals surface area contributed by atoms with Crippen molar-refractivity contribution < 1.29 is 9.53 Å². The van der Waals surface area contributed by atoms with Crippen LogP contribution >= 0.6 is 0 Å². The number of aryl methyl sites for hydroxylation is 2. The number of aliphatic imine (C=N–C) groups is 1. The molecule has 0 fully saturated rings. The summed E-state index contributed by atoms with van der Waals surface area (Å²) >= 11 is 0. The second-order valence-corrected chi connectivity index (χ2v) is 7.56. The van der Waals surface area contributed by atoms with Crippen LogP contribution in [0.2, 0.25) is 0 Å². The number of nitrogens with zero attached hydrogens (tertiary/aromatic N) is 5. The number of carbonyl (C=O) groups is 1. The van der Waals surface area contributed by atoms with Crippen LogP contribution in [0.4, 0.5) is 0 Å². The summed E-state index contributed by atoms with van der Waals surface area (Å²) in [5, 5.41) is 11.3. The van der Waals surface area contributed by atoms with E-state index in [1.807, 2.05) is 35.9 Å². The van der Waals surface area contributed by atoms with Gasteiger partial charge >= 0.3 is 0 Å². The first-order chi connectivity index (χ1) is 14.5. The van der Waals surface area contributed by atoms with Gasteiger partial charge in [0.2, 0.25) is 5.91 Å². The van der Waals surface area contributed by atoms with Gasteiger partial charge in [-0.1, -0.05) is 12.1 Å². The minimum Gasteiger partial charge on any atom is -0.497 e. The number of fused-ring (bicyclic) bond motifs is 1. The van der Waals surface area contributed by atoms with Gasteiger partial charge in [-0.05, 0) is 43.9 Å². The largest absolute Gasteiger partial charge is 0.497 e. The van der Waals surface area contributed by atoms with Gasteiger partial charge in [0, 0.05) is 27.2 Å². The fraction of sp³-hybridized carbons (Fsp3) is 0.524. The van der Waals surface area contributed by atoms with E-state index in [2.05, 4.69) is 25.7 Å². The van der Waals surface area contributed by atoms with Crippen LogP contribution in [0.25, 0.3) is 0 Å². The van der Waals surface area contributed by atoms with Gasteiger partial charge in [0.1, 0.15) is 23.9 Å². The Balaban J connectivity index is 1.65. The quantitative estimate of drug-likeness (QED) is 0.525. The van der Waals surface area contributed by atoms with Gasteiger partial charge < -0.3 is 20.3 Å². The molecule has 0 radical (unpaired) electrons. The Morgan fingerprint density at radius 3 is 2.80 bits per heavy atom. The van der Waals surface area contributed by atoms with Crippen LogP contribution in [0.5, 0.6) is 5.75 Å². The number of ether oxygens (including phenoxy) is 1. The van der Waals surface area contributed by atoms with Crippen molar-refractivity contribution in [1.82, 2.24) is 30.3 Å². The van der Waals surface area contributed by atoms with Crippen LogP contribution in [-0.4, -0.2) is 65.8 Å². The average Bonchev–Trinajstić information content (AvgIpc) is 3.13. The van der Waals surface area contributed by atoms with Gasteiger partial charge in [-0.15, -0.1) is 0 Å². The highest BCUT2D eigenvalue weighted by Crippen LogP contribution is 2.22. The molecule has 9 nitrogen and oxygen atoms in total. The molecular formula is C21H31N7O2. The molecule has 1 aliphatic heterocycles. The monoisotopic (exact) mass is 413 g/mol. The summed E-state index contributed by atoms with van der Waals surface area (Å²) < 4.78 is 7.16. The summed E-state index contributed by atoms with van der Waals surface area (Å²) in [6.45, 7) is 3.56. The van der Waals surface area contributed by atoms with Crippen molar-refractivity contribution >= 4 is 11.9 Å². The van der Waals surface area contributed by atoms with E-state index in [4.69, 9.17) is 4.74 Å². The lowest BCUT2D eigenvalue weighted by molar-refractivity contribution is -0.127. The molecule has 0 saturated carbocycles. The Bertz CT molecular complexity index is 874. The van der Waals surface area contributed by atoms with E-state index in [-0.39, 0.29) is 18.5 Å². The maximum absolute atomic E-state index is 12.0. The van der Waals surface area contributed by atoms with Gasteiger partial charge in [-0.3, -0.25) is 4.79 Å². The molecule has 162 valence electrons. The molecule has 2 heterocycles. The summed E-state index contributed by atoms with van der Waals surface area (Å²) in [6, 6.07) is 8.02. The molecular weight excluding hydrogens is 382 g/mol. The molecule has 2 aromatic rings. The zero-order valence-corrected chi connectivity index (χ0v) is 18.2. The highest BCUT2D eigenvalue weighted by atomic mass is 16.5. The zero-order chi connectivity index (χ0) is 21.5. The number of amides is 1. The van der Waals surface area contributed by atoms with Crippen molar-refractivity contribution in [2.45, 2.75) is 38.8 Å². The average molecular weight is 414 g/mol. The SMILES string of the molecule is COc1ccc(CCNC(=NCC(=O)N(C)C)NC2CCCn3nc(C)nc32)cc1. The Hall–Kier alpha value is -3.10. The molecule has 2 N–H and O–H groups in total. The van der Waals surface area contributed by atoms with Crippen molar-refractivity contribution in [2.75, 3.05) is 34.3 Å². The fourth-order valence-corrected chi connectivity index (χ4v) is 3.33. The standard InChI is InChI=1S/C21H31N7O2/c1-15-24-20-18(6-5-13-28(20)26-15)25-21(23-14-19(29)27(2)3)22-12-11-16-7-9-17(30-4)10-8-16/h7-10,18H,5-6,11-14H2,1-4H3,(H2,22,23,25). The molecule has 3 rings (SSSR count). The third kappa shape index (κ3) is 5.71. The van der Waals surface area contributed by atoms with E-state index in [1.165, 1.54) is 5.56 Å². The van der Waals surface area contributed by atoms with Gasteiger partial charge in [-0.25, -0.2) is 14.7 Å². The van der Waals surface area contributed by atoms with Crippen LogP contribution in [0, 0.1) is 6.92 Å². The van der Waals surface area contributed by atoms with E-state index in [1.54, 1.807) is 26.1 Å². The Kier molecular flexibility index (Phi) is 7.26. The topological polar surface area (TPSA) is 96.7 Å². The van der Waals surface area contributed by atoms with Crippen molar-refractivity contribution in [3.63, 3.8) is 0 Å². The molecule has 1 aromatic heterocycles. The second-order valence-electron chi connectivity index (χ2n) is 7.56. The number of rotatable bonds is 7. The van der Waals surface area contributed by atoms with Crippen LogP contribution in [-0.2, 0) is 17.8 Å². The van der Waals surface area contributed by atoms with Gasteiger partial charge in [-0.2, -0.15) is 5.10 Å². The molecule has 1 aromatic carbocycles. The third-order valence-corrected chi connectivity index (χ3v) is 5.03. The van der Waals surface area contributed by atoms with E-state index in [0.717, 1.165) is 43.2 Å². The van der Waals surface area contributed by atoms with E-state index in [9.17, 15) is 4.79 Å². The minimum absolute atomic E-state index is 0.0154. The maximum atomic E-state index is 12.0. The normalized spacial score (nSPS) is 16.0. The predicted octanol–water partition coefficient (Wildman–Crippen LogP) is 1.30.